The van der Waals surface area contributed by atoms with Crippen molar-refractivity contribution in [3.63, 3.8) is 0 Å². The van der Waals surface area contributed by atoms with Gasteiger partial charge in [-0.15, -0.1) is 10.2 Å². The Morgan fingerprint density at radius 2 is 2.11 bits per heavy atom. The zero-order valence-corrected chi connectivity index (χ0v) is 21.2. The molecule has 2 aromatic carbocycles. The fourth-order valence-electron chi connectivity index (χ4n) is 4.95. The molecule has 1 N–H and O–H groups in total. The molecule has 1 fully saturated rings. The quantitative estimate of drug-likeness (QED) is 0.193. The van der Waals surface area contributed by atoms with Crippen LogP contribution in [0.3, 0.4) is 0 Å². The lowest BCUT2D eigenvalue weighted by Crippen LogP contribution is -2.34. The van der Waals surface area contributed by atoms with Gasteiger partial charge in [-0.3, -0.25) is 10.00 Å². The maximum Gasteiger partial charge on any atom is 0.247 e. The van der Waals surface area contributed by atoms with E-state index in [-0.39, 0.29) is 11.7 Å². The van der Waals surface area contributed by atoms with Gasteiger partial charge in [0.2, 0.25) is 11.8 Å². The van der Waals surface area contributed by atoms with Gasteiger partial charge in [0.1, 0.15) is 22.4 Å². The van der Waals surface area contributed by atoms with Gasteiger partial charge in [0.15, 0.2) is 0 Å². The van der Waals surface area contributed by atoms with E-state index in [1.54, 1.807) is 24.4 Å². The number of rotatable bonds is 7. The van der Waals surface area contributed by atoms with Gasteiger partial charge in [-0.05, 0) is 61.9 Å². The molecule has 0 saturated carbocycles. The first-order chi connectivity index (χ1) is 18.6. The Morgan fingerprint density at radius 3 is 2.97 bits per heavy atom. The van der Waals surface area contributed by atoms with Crippen LogP contribution in [0.2, 0.25) is 5.15 Å². The summed E-state index contributed by atoms with van der Waals surface area (Å²) in [6.45, 7) is 5.54. The molecule has 38 heavy (non-hydrogen) atoms. The highest BCUT2D eigenvalue weighted by molar-refractivity contribution is 6.29. The highest BCUT2D eigenvalue weighted by Crippen LogP contribution is 2.33. The van der Waals surface area contributed by atoms with Crippen LogP contribution in [-0.4, -0.2) is 43.4 Å². The van der Waals surface area contributed by atoms with Crippen LogP contribution < -0.4 is 4.74 Å². The van der Waals surface area contributed by atoms with Crippen LogP contribution in [-0.2, 0) is 6.54 Å². The Bertz CT molecular complexity index is 1620. The fourth-order valence-corrected chi connectivity index (χ4v) is 5.12. The van der Waals surface area contributed by atoms with Gasteiger partial charge in [0.25, 0.3) is 0 Å². The van der Waals surface area contributed by atoms with Crippen LogP contribution in [0, 0.1) is 5.82 Å². The third-order valence-electron chi connectivity index (χ3n) is 6.77. The number of nitrogens with zero attached hydrogens (tertiary/aromatic N) is 5. The first-order valence-electron chi connectivity index (χ1n) is 12.3. The number of likely N-dealkylation sites (tertiary alicyclic amines) is 1. The number of ether oxygens (including phenoxy) is 1. The highest BCUT2D eigenvalue weighted by Gasteiger charge is 2.27. The fraction of sp³-hybridized carbons (Fsp3) is 0.214. The Labute approximate surface area is 223 Å². The van der Waals surface area contributed by atoms with Crippen LogP contribution in [0.4, 0.5) is 4.39 Å². The molecule has 0 bridgehead atoms. The molecular weight excluding hydrogens is 507 g/mol. The van der Waals surface area contributed by atoms with Gasteiger partial charge in [0.05, 0.1) is 17.7 Å². The maximum atomic E-state index is 14.6. The molecular formula is C28H24ClFN6O2. The van der Waals surface area contributed by atoms with Crippen LogP contribution in [0.15, 0.2) is 72.0 Å². The smallest absolute Gasteiger partial charge is 0.247 e. The van der Waals surface area contributed by atoms with Crippen molar-refractivity contribution in [2.24, 2.45) is 0 Å². The average Bonchev–Trinajstić information content (AvgIpc) is 3.58. The van der Waals surface area contributed by atoms with Crippen molar-refractivity contribution in [1.82, 2.24) is 30.3 Å². The Morgan fingerprint density at radius 1 is 1.18 bits per heavy atom. The summed E-state index contributed by atoms with van der Waals surface area (Å²) >= 11 is 6.09. The van der Waals surface area contributed by atoms with E-state index in [9.17, 15) is 4.39 Å². The van der Waals surface area contributed by atoms with Crippen LogP contribution in [0.5, 0.6) is 5.75 Å². The van der Waals surface area contributed by atoms with Gasteiger partial charge >= 0.3 is 0 Å². The Kier molecular flexibility index (Phi) is 6.61. The van der Waals surface area contributed by atoms with Crippen molar-refractivity contribution in [2.45, 2.75) is 25.3 Å². The largest absolute Gasteiger partial charge is 0.465 e. The molecule has 0 spiro atoms. The number of hydrogen-bond donors (Lipinski definition) is 1. The summed E-state index contributed by atoms with van der Waals surface area (Å²) in [6, 6.07) is 14.3. The summed E-state index contributed by atoms with van der Waals surface area (Å²) < 4.78 is 26.2. The van der Waals surface area contributed by atoms with Crippen molar-refractivity contribution in [3.05, 3.63) is 90.0 Å². The summed E-state index contributed by atoms with van der Waals surface area (Å²) in [6.07, 6.45) is 4.82. The number of nitrogens with one attached hydrogen (secondary N) is 1. The summed E-state index contributed by atoms with van der Waals surface area (Å²) in [5.41, 5.74) is 3.82. The summed E-state index contributed by atoms with van der Waals surface area (Å²) in [4.78, 5) is 6.24. The standard InChI is InChI=1S/C28H24ClFN6O2/c1-2-37-24-7-3-6-22(30)21(24)16-36-12-4-5-19(15-36)28-35-34-27(38-28)18-8-9-23-20(13-18)26(33-32-23)17-10-11-31-25(29)14-17/h2-3,6-11,13-14,19H,1,4-5,12,15-16H2,(H,32,33)/t19-/m1/s1. The normalized spacial score (nSPS) is 16.1. The number of fused-ring (bicyclic) bond motifs is 1. The van der Waals surface area contributed by atoms with Gasteiger partial charge in [-0.1, -0.05) is 24.2 Å². The minimum absolute atomic E-state index is 0.0488. The number of aromatic nitrogens is 5. The molecule has 1 atom stereocenters. The molecule has 5 aromatic rings. The van der Waals surface area contributed by atoms with Gasteiger partial charge in [-0.25, -0.2) is 9.37 Å². The van der Waals surface area contributed by atoms with Crippen molar-refractivity contribution >= 4 is 22.5 Å². The third-order valence-corrected chi connectivity index (χ3v) is 6.98. The van der Waals surface area contributed by atoms with Gasteiger partial charge in [-0.2, -0.15) is 5.10 Å². The number of benzene rings is 2. The molecule has 192 valence electrons. The predicted molar refractivity (Wildman–Crippen MR) is 142 cm³/mol. The Balaban J connectivity index is 1.23. The van der Waals surface area contributed by atoms with Gasteiger partial charge < -0.3 is 9.15 Å². The number of halogens is 2. The molecule has 0 aliphatic carbocycles. The second-order valence-corrected chi connectivity index (χ2v) is 9.61. The number of piperidine rings is 1. The van der Waals surface area contributed by atoms with E-state index in [0.29, 0.717) is 41.3 Å². The second kappa shape index (κ2) is 10.4. The number of hydrogen-bond acceptors (Lipinski definition) is 7. The summed E-state index contributed by atoms with van der Waals surface area (Å²) in [7, 11) is 0. The van der Waals surface area contributed by atoms with E-state index in [1.807, 2.05) is 24.3 Å². The van der Waals surface area contributed by atoms with E-state index in [0.717, 1.165) is 47.1 Å². The highest BCUT2D eigenvalue weighted by atomic mass is 35.5. The lowest BCUT2D eigenvalue weighted by Gasteiger charge is -2.31. The lowest BCUT2D eigenvalue weighted by atomic mass is 9.97. The second-order valence-electron chi connectivity index (χ2n) is 9.22. The minimum atomic E-state index is -0.297. The van der Waals surface area contributed by atoms with Crippen molar-refractivity contribution in [2.75, 3.05) is 13.1 Å². The SMILES string of the molecule is C=COc1cccc(F)c1CN1CCC[C@@H](c2nnc(-c3ccc4[nH]nc(-c5ccnc(Cl)c5)c4c3)o2)C1. The molecule has 0 amide bonds. The third kappa shape index (κ3) is 4.78. The van der Waals surface area contributed by atoms with Crippen LogP contribution in [0.25, 0.3) is 33.6 Å². The van der Waals surface area contributed by atoms with E-state index in [1.165, 1.54) is 12.3 Å². The monoisotopic (exact) mass is 530 g/mol. The number of aromatic amines is 1. The summed E-state index contributed by atoms with van der Waals surface area (Å²) in [5.74, 6) is 1.25. The van der Waals surface area contributed by atoms with Crippen molar-refractivity contribution < 1.29 is 13.5 Å². The van der Waals surface area contributed by atoms with E-state index in [4.69, 9.17) is 20.8 Å². The van der Waals surface area contributed by atoms with Crippen LogP contribution in [0.1, 0.15) is 30.2 Å². The molecule has 1 aliphatic heterocycles. The number of pyridine rings is 1. The molecule has 1 saturated heterocycles. The topological polar surface area (TPSA) is 93.0 Å². The van der Waals surface area contributed by atoms with Crippen molar-refractivity contribution in [1.29, 1.82) is 0 Å². The minimum Gasteiger partial charge on any atom is -0.465 e. The first kappa shape index (κ1) is 24.3. The zero-order chi connectivity index (χ0) is 26.1. The number of H-pyrrole nitrogens is 1. The van der Waals surface area contributed by atoms with E-state index in [2.05, 4.69) is 36.9 Å². The van der Waals surface area contributed by atoms with Gasteiger partial charge in [0, 0.05) is 41.4 Å². The molecule has 10 heteroatoms. The zero-order valence-electron chi connectivity index (χ0n) is 20.4. The average molecular weight is 531 g/mol. The molecule has 6 rings (SSSR count). The first-order valence-corrected chi connectivity index (χ1v) is 12.7. The van der Waals surface area contributed by atoms with Crippen molar-refractivity contribution in [3.8, 4) is 28.5 Å². The van der Waals surface area contributed by atoms with E-state index < -0.39 is 0 Å². The molecule has 8 nitrogen and oxygen atoms in total. The molecule has 1 aliphatic rings. The van der Waals surface area contributed by atoms with E-state index >= 15 is 0 Å². The molecule has 4 heterocycles. The predicted octanol–water partition coefficient (Wildman–Crippen LogP) is 6.37. The molecule has 0 unspecified atom stereocenters. The summed E-state index contributed by atoms with van der Waals surface area (Å²) in [5, 5.41) is 17.6. The lowest BCUT2D eigenvalue weighted by molar-refractivity contribution is 0.183. The van der Waals surface area contributed by atoms with Crippen LogP contribution >= 0.6 is 11.6 Å². The molecule has 3 aromatic heterocycles. The maximum absolute atomic E-state index is 14.6. The Hall–Kier alpha value is -4.08. The molecule has 0 radical (unpaired) electrons.